The fourth-order valence-electron chi connectivity index (χ4n) is 4.04. The highest BCUT2D eigenvalue weighted by molar-refractivity contribution is 7.17. The monoisotopic (exact) mass is 575 g/mol. The first-order chi connectivity index (χ1) is 18.8. The molecule has 2 amide bonds. The van der Waals surface area contributed by atoms with E-state index in [9.17, 15) is 9.59 Å². The summed E-state index contributed by atoms with van der Waals surface area (Å²) in [6, 6.07) is 21.4. The first-order valence-corrected chi connectivity index (χ1v) is 13.6. The Bertz CT molecular complexity index is 1650. The molecule has 5 rings (SSSR count). The van der Waals surface area contributed by atoms with Crippen molar-refractivity contribution >= 4 is 46.4 Å². The predicted molar refractivity (Wildman–Crippen MR) is 155 cm³/mol. The third kappa shape index (κ3) is 6.04. The zero-order valence-electron chi connectivity index (χ0n) is 20.8. The van der Waals surface area contributed by atoms with Crippen LogP contribution >= 0.6 is 34.5 Å². The summed E-state index contributed by atoms with van der Waals surface area (Å²) in [7, 11) is 0. The summed E-state index contributed by atoms with van der Waals surface area (Å²) in [4.78, 5) is 30.7. The first-order valence-electron chi connectivity index (χ1n) is 12.0. The van der Waals surface area contributed by atoms with Gasteiger partial charge in [0, 0.05) is 24.4 Å². The molecule has 3 aromatic heterocycles. The molecule has 0 aliphatic rings. The van der Waals surface area contributed by atoms with E-state index in [0.29, 0.717) is 32.7 Å². The lowest BCUT2D eigenvalue weighted by Crippen LogP contribution is -2.45. The van der Waals surface area contributed by atoms with Gasteiger partial charge in [-0.2, -0.15) is 5.10 Å². The second-order valence-corrected chi connectivity index (χ2v) is 10.8. The van der Waals surface area contributed by atoms with Crippen molar-refractivity contribution in [3.05, 3.63) is 111 Å². The molecule has 3 N–H and O–H groups in total. The van der Waals surface area contributed by atoms with Crippen LogP contribution in [0.25, 0.3) is 27.5 Å². The molecule has 0 fully saturated rings. The third-order valence-corrected chi connectivity index (χ3v) is 7.95. The molecule has 7 nitrogen and oxygen atoms in total. The second kappa shape index (κ2) is 11.4. The van der Waals surface area contributed by atoms with E-state index in [1.807, 2.05) is 61.5 Å². The molecule has 196 valence electrons. The Balaban J connectivity index is 1.45. The Labute approximate surface area is 239 Å². The second-order valence-electron chi connectivity index (χ2n) is 8.95. The quantitative estimate of drug-likeness (QED) is 0.233. The molecular weight excluding hydrogens is 553 g/mol. The van der Waals surface area contributed by atoms with Crippen molar-refractivity contribution in [2.24, 2.45) is 5.73 Å². The number of pyridine rings is 1. The van der Waals surface area contributed by atoms with Gasteiger partial charge in [-0.1, -0.05) is 53.0 Å². The summed E-state index contributed by atoms with van der Waals surface area (Å²) < 4.78 is 1.75. The Kier molecular flexibility index (Phi) is 7.79. The minimum absolute atomic E-state index is 0.304. The summed E-state index contributed by atoms with van der Waals surface area (Å²) in [5.41, 5.74) is 10.6. The number of nitrogens with one attached hydrogen (secondary N) is 1. The van der Waals surface area contributed by atoms with Crippen molar-refractivity contribution in [1.82, 2.24) is 20.1 Å². The molecular formula is C29H23Cl2N5O2S. The standard InChI is InChI=1S/C29H23Cl2N5O2S/c1-17-4-6-18(7-5-17)13-24(28(32)37)34-29(38)27-11-10-26(39-27)25-15-23(19-3-2-12-33-16-19)35-36(25)20-8-9-21(30)22(31)14-20/h2-12,14-16,24H,13H2,1H3,(H2,32,37)(H,34,38)/t24-/m0/s1. The van der Waals surface area contributed by atoms with Crippen LogP contribution < -0.4 is 11.1 Å². The van der Waals surface area contributed by atoms with Crippen molar-refractivity contribution in [3.63, 3.8) is 0 Å². The van der Waals surface area contributed by atoms with E-state index < -0.39 is 11.9 Å². The van der Waals surface area contributed by atoms with Crippen molar-refractivity contribution in [3.8, 4) is 27.5 Å². The highest BCUT2D eigenvalue weighted by Crippen LogP contribution is 2.34. The van der Waals surface area contributed by atoms with Crippen molar-refractivity contribution in [1.29, 1.82) is 0 Å². The molecule has 0 aliphatic heterocycles. The lowest BCUT2D eigenvalue weighted by Gasteiger charge is -2.15. The lowest BCUT2D eigenvalue weighted by molar-refractivity contribution is -0.119. The molecule has 0 aliphatic carbocycles. The Morgan fingerprint density at radius 1 is 1.03 bits per heavy atom. The number of carbonyl (C=O) groups is 2. The molecule has 0 saturated heterocycles. The van der Waals surface area contributed by atoms with Gasteiger partial charge in [0.15, 0.2) is 0 Å². The summed E-state index contributed by atoms with van der Waals surface area (Å²) in [6.07, 6.45) is 3.73. The number of primary amides is 1. The number of carbonyl (C=O) groups excluding carboxylic acids is 2. The molecule has 0 unspecified atom stereocenters. The number of thiophene rings is 1. The van der Waals surface area contributed by atoms with Crippen LogP contribution in [0.3, 0.4) is 0 Å². The molecule has 0 saturated carbocycles. The average Bonchev–Trinajstić information content (AvgIpc) is 3.59. The van der Waals surface area contributed by atoms with E-state index in [1.54, 1.807) is 35.3 Å². The molecule has 10 heteroatoms. The van der Waals surface area contributed by atoms with Crippen molar-refractivity contribution in [2.45, 2.75) is 19.4 Å². The topological polar surface area (TPSA) is 103 Å². The van der Waals surface area contributed by atoms with Crippen molar-refractivity contribution in [2.75, 3.05) is 0 Å². The van der Waals surface area contributed by atoms with Gasteiger partial charge < -0.3 is 11.1 Å². The zero-order valence-corrected chi connectivity index (χ0v) is 23.1. The smallest absolute Gasteiger partial charge is 0.262 e. The highest BCUT2D eigenvalue weighted by Gasteiger charge is 2.22. The molecule has 0 radical (unpaired) electrons. The summed E-state index contributed by atoms with van der Waals surface area (Å²) >= 11 is 13.7. The van der Waals surface area contributed by atoms with Gasteiger partial charge in [-0.15, -0.1) is 11.3 Å². The Morgan fingerprint density at radius 3 is 2.51 bits per heavy atom. The maximum Gasteiger partial charge on any atom is 0.262 e. The van der Waals surface area contributed by atoms with Crippen LogP contribution in [0.5, 0.6) is 0 Å². The largest absolute Gasteiger partial charge is 0.368 e. The number of benzene rings is 2. The number of nitrogens with zero attached hydrogens (tertiary/aromatic N) is 3. The van der Waals surface area contributed by atoms with Gasteiger partial charge in [0.05, 0.1) is 36.9 Å². The third-order valence-electron chi connectivity index (χ3n) is 6.11. The van der Waals surface area contributed by atoms with Crippen LogP contribution in [-0.2, 0) is 11.2 Å². The Hall–Kier alpha value is -3.98. The molecule has 2 aromatic carbocycles. The Morgan fingerprint density at radius 2 is 1.82 bits per heavy atom. The first kappa shape index (κ1) is 26.6. The zero-order chi connectivity index (χ0) is 27.5. The minimum atomic E-state index is -0.843. The summed E-state index contributed by atoms with van der Waals surface area (Å²) in [5.74, 6) is -0.977. The number of rotatable bonds is 8. The number of amides is 2. The van der Waals surface area contributed by atoms with Gasteiger partial charge in [-0.25, -0.2) is 4.68 Å². The summed E-state index contributed by atoms with van der Waals surface area (Å²) in [6.45, 7) is 1.98. The molecule has 0 spiro atoms. The van der Waals surface area contributed by atoms with Gasteiger partial charge in [-0.3, -0.25) is 14.6 Å². The number of hydrogen-bond donors (Lipinski definition) is 2. The van der Waals surface area contributed by atoms with Gasteiger partial charge in [0.2, 0.25) is 5.91 Å². The van der Waals surface area contributed by atoms with Crippen LogP contribution in [0, 0.1) is 6.92 Å². The fraction of sp³-hybridized carbons (Fsp3) is 0.103. The van der Waals surface area contributed by atoms with E-state index in [1.165, 1.54) is 11.3 Å². The van der Waals surface area contributed by atoms with Crippen LogP contribution in [0.2, 0.25) is 10.0 Å². The minimum Gasteiger partial charge on any atom is -0.368 e. The van der Waals surface area contributed by atoms with E-state index in [4.69, 9.17) is 34.0 Å². The van der Waals surface area contributed by atoms with Crippen molar-refractivity contribution < 1.29 is 9.59 Å². The van der Waals surface area contributed by atoms with Gasteiger partial charge in [0.25, 0.3) is 5.91 Å². The van der Waals surface area contributed by atoms with Crippen LogP contribution in [0.4, 0.5) is 0 Å². The number of nitrogens with two attached hydrogens (primary N) is 1. The molecule has 0 bridgehead atoms. The number of aromatic nitrogens is 3. The van der Waals surface area contributed by atoms with E-state index in [-0.39, 0.29) is 5.91 Å². The maximum absolute atomic E-state index is 13.1. The van der Waals surface area contributed by atoms with Gasteiger partial charge in [0.1, 0.15) is 6.04 Å². The van der Waals surface area contributed by atoms with E-state index >= 15 is 0 Å². The van der Waals surface area contributed by atoms with Gasteiger partial charge in [-0.05, 0) is 61.0 Å². The SMILES string of the molecule is Cc1ccc(C[C@H](NC(=O)c2ccc(-c3cc(-c4cccnc4)nn3-c3ccc(Cl)c(Cl)c3)s2)C(N)=O)cc1. The number of halogens is 2. The lowest BCUT2D eigenvalue weighted by atomic mass is 10.0. The van der Waals surface area contributed by atoms with Crippen LogP contribution in [-0.4, -0.2) is 32.6 Å². The predicted octanol–water partition coefficient (Wildman–Crippen LogP) is 6.10. The van der Waals surface area contributed by atoms with Gasteiger partial charge >= 0.3 is 0 Å². The molecule has 5 aromatic rings. The number of aryl methyl sites for hydroxylation is 1. The normalized spacial score (nSPS) is 11.8. The van der Waals surface area contributed by atoms with E-state index in [2.05, 4.69) is 10.3 Å². The number of hydrogen-bond acceptors (Lipinski definition) is 5. The highest BCUT2D eigenvalue weighted by atomic mass is 35.5. The van der Waals surface area contributed by atoms with Crippen LogP contribution in [0.15, 0.2) is 85.2 Å². The summed E-state index contributed by atoms with van der Waals surface area (Å²) in [5, 5.41) is 8.42. The van der Waals surface area contributed by atoms with Crippen LogP contribution in [0.1, 0.15) is 20.8 Å². The van der Waals surface area contributed by atoms with E-state index in [0.717, 1.165) is 27.3 Å². The fourth-order valence-corrected chi connectivity index (χ4v) is 5.24. The molecule has 3 heterocycles. The average molecular weight is 577 g/mol. The molecule has 1 atom stereocenters. The molecule has 39 heavy (non-hydrogen) atoms. The maximum atomic E-state index is 13.1.